The average Bonchev–Trinajstić information content (AvgIpc) is 2.64. The van der Waals surface area contributed by atoms with Crippen LogP contribution in [0.2, 0.25) is 0 Å². The highest BCUT2D eigenvalue weighted by Gasteiger charge is 2.29. The number of hydrogen-bond acceptors (Lipinski definition) is 5. The molecule has 0 radical (unpaired) electrons. The van der Waals surface area contributed by atoms with Crippen molar-refractivity contribution < 1.29 is 17.9 Å². The summed E-state index contributed by atoms with van der Waals surface area (Å²) in [5.74, 6) is -0.291. The van der Waals surface area contributed by atoms with Gasteiger partial charge in [-0.05, 0) is 36.2 Å². The van der Waals surface area contributed by atoms with E-state index in [4.69, 9.17) is 4.74 Å². The van der Waals surface area contributed by atoms with Crippen LogP contribution in [-0.2, 0) is 26.0 Å². The Balaban J connectivity index is 1.85. The summed E-state index contributed by atoms with van der Waals surface area (Å²) in [6, 6.07) is 8.54. The highest BCUT2D eigenvalue weighted by atomic mass is 32.2. The fraction of sp³-hybridized carbons (Fsp3) is 0.333. The molecule has 1 aromatic carbocycles. The molecule has 26 heavy (non-hydrogen) atoms. The number of aromatic nitrogens is 1. The molecule has 7 nitrogen and oxygen atoms in total. The molecule has 3 rings (SSSR count). The minimum absolute atomic E-state index is 0.110. The van der Waals surface area contributed by atoms with Crippen LogP contribution in [0.3, 0.4) is 0 Å². The smallest absolute Gasteiger partial charge is 0.245 e. The maximum absolute atomic E-state index is 13.0. The number of aryl methyl sites for hydroxylation is 1. The van der Waals surface area contributed by atoms with Gasteiger partial charge in [0.1, 0.15) is 4.90 Å². The van der Waals surface area contributed by atoms with Gasteiger partial charge in [0.25, 0.3) is 0 Å². The first-order valence-corrected chi connectivity index (χ1v) is 9.78. The monoisotopic (exact) mass is 375 g/mol. The van der Waals surface area contributed by atoms with E-state index in [0.717, 1.165) is 11.1 Å². The first-order chi connectivity index (χ1) is 12.5. The van der Waals surface area contributed by atoms with Crippen LogP contribution >= 0.6 is 0 Å². The summed E-state index contributed by atoms with van der Waals surface area (Å²) < 4.78 is 32.6. The van der Waals surface area contributed by atoms with E-state index in [2.05, 4.69) is 10.3 Å². The van der Waals surface area contributed by atoms with Gasteiger partial charge in [-0.2, -0.15) is 4.31 Å². The van der Waals surface area contributed by atoms with Crippen molar-refractivity contribution in [3.05, 3.63) is 53.9 Å². The van der Waals surface area contributed by atoms with Gasteiger partial charge in [0, 0.05) is 25.5 Å². The maximum Gasteiger partial charge on any atom is 0.245 e. The Labute approximate surface area is 153 Å². The van der Waals surface area contributed by atoms with Crippen LogP contribution in [-0.4, -0.2) is 49.9 Å². The van der Waals surface area contributed by atoms with E-state index in [9.17, 15) is 13.2 Å². The summed E-state index contributed by atoms with van der Waals surface area (Å²) in [4.78, 5) is 16.4. The number of ether oxygens (including phenoxy) is 1. The molecule has 1 amide bonds. The molecule has 1 aromatic heterocycles. The van der Waals surface area contributed by atoms with Gasteiger partial charge in [-0.1, -0.05) is 12.1 Å². The normalized spacial score (nSPS) is 15.6. The van der Waals surface area contributed by atoms with Crippen LogP contribution < -0.4 is 5.32 Å². The molecule has 8 heteroatoms. The molecular weight excluding hydrogens is 354 g/mol. The van der Waals surface area contributed by atoms with E-state index in [0.29, 0.717) is 26.3 Å². The zero-order chi connectivity index (χ0) is 18.6. The van der Waals surface area contributed by atoms with Crippen LogP contribution in [0, 0.1) is 6.92 Å². The minimum atomic E-state index is -3.71. The maximum atomic E-state index is 13.0. The van der Waals surface area contributed by atoms with Crippen molar-refractivity contribution in [1.29, 1.82) is 0 Å². The number of pyridine rings is 1. The molecule has 1 saturated heterocycles. The lowest BCUT2D eigenvalue weighted by molar-refractivity contribution is -0.115. The number of benzene rings is 1. The van der Waals surface area contributed by atoms with Gasteiger partial charge < -0.3 is 10.1 Å². The Bertz CT molecular complexity index is 879. The highest BCUT2D eigenvalue weighted by Crippen LogP contribution is 2.26. The topological polar surface area (TPSA) is 88.6 Å². The number of nitrogens with zero attached hydrogens (tertiary/aromatic N) is 2. The Kier molecular flexibility index (Phi) is 5.65. The molecule has 2 aromatic rings. The van der Waals surface area contributed by atoms with Crippen molar-refractivity contribution in [3.8, 4) is 0 Å². The third kappa shape index (κ3) is 4.27. The zero-order valence-corrected chi connectivity index (χ0v) is 15.3. The van der Waals surface area contributed by atoms with Crippen molar-refractivity contribution in [3.63, 3.8) is 0 Å². The average molecular weight is 375 g/mol. The lowest BCUT2D eigenvalue weighted by Gasteiger charge is -2.27. The Morgan fingerprint density at radius 1 is 1.27 bits per heavy atom. The van der Waals surface area contributed by atoms with E-state index < -0.39 is 10.0 Å². The summed E-state index contributed by atoms with van der Waals surface area (Å²) in [6.07, 6.45) is 3.37. The standard InChI is InChI=1S/C18H21N3O4S/c1-14-4-5-16(20-18(22)12-15-3-2-6-19-13-15)17(11-14)26(23,24)21-7-9-25-10-8-21/h2-6,11,13H,7-10,12H2,1H3,(H,20,22). The number of hydrogen-bond donors (Lipinski definition) is 1. The first kappa shape index (κ1) is 18.5. The Morgan fingerprint density at radius 2 is 2.04 bits per heavy atom. The van der Waals surface area contributed by atoms with Crippen LogP contribution in [0.15, 0.2) is 47.6 Å². The molecule has 1 fully saturated rings. The molecule has 1 N–H and O–H groups in total. The molecule has 0 aliphatic carbocycles. The SMILES string of the molecule is Cc1ccc(NC(=O)Cc2cccnc2)c(S(=O)(=O)N2CCOCC2)c1. The van der Waals surface area contributed by atoms with E-state index in [1.54, 1.807) is 42.7 Å². The summed E-state index contributed by atoms with van der Waals surface area (Å²) in [7, 11) is -3.71. The molecule has 0 unspecified atom stereocenters. The second-order valence-electron chi connectivity index (χ2n) is 6.10. The van der Waals surface area contributed by atoms with Gasteiger partial charge >= 0.3 is 0 Å². The minimum Gasteiger partial charge on any atom is -0.379 e. The zero-order valence-electron chi connectivity index (χ0n) is 14.5. The molecule has 2 heterocycles. The van der Waals surface area contributed by atoms with E-state index in [1.807, 2.05) is 6.92 Å². The fourth-order valence-electron chi connectivity index (χ4n) is 2.75. The van der Waals surface area contributed by atoms with E-state index in [-0.39, 0.29) is 22.9 Å². The van der Waals surface area contributed by atoms with Crippen molar-refractivity contribution >= 4 is 21.6 Å². The summed E-state index contributed by atoms with van der Waals surface area (Å²) >= 11 is 0. The number of rotatable bonds is 5. The summed E-state index contributed by atoms with van der Waals surface area (Å²) in [5, 5.41) is 2.73. The van der Waals surface area contributed by atoms with Crippen LogP contribution in [0.1, 0.15) is 11.1 Å². The predicted molar refractivity (Wildman–Crippen MR) is 97.3 cm³/mol. The quantitative estimate of drug-likeness (QED) is 0.857. The van der Waals surface area contributed by atoms with Gasteiger partial charge in [-0.3, -0.25) is 9.78 Å². The molecule has 0 atom stereocenters. The molecule has 1 aliphatic rings. The lowest BCUT2D eigenvalue weighted by Crippen LogP contribution is -2.41. The van der Waals surface area contributed by atoms with Gasteiger partial charge in [-0.25, -0.2) is 8.42 Å². The van der Waals surface area contributed by atoms with Crippen LogP contribution in [0.25, 0.3) is 0 Å². The fourth-order valence-corrected chi connectivity index (χ4v) is 4.39. The molecule has 0 saturated carbocycles. The second-order valence-corrected chi connectivity index (χ2v) is 8.01. The number of anilines is 1. The number of carbonyl (C=O) groups is 1. The largest absolute Gasteiger partial charge is 0.379 e. The van der Waals surface area contributed by atoms with E-state index in [1.165, 1.54) is 4.31 Å². The van der Waals surface area contributed by atoms with Crippen molar-refractivity contribution in [2.45, 2.75) is 18.2 Å². The van der Waals surface area contributed by atoms with Gasteiger partial charge in [0.05, 0.1) is 25.3 Å². The van der Waals surface area contributed by atoms with Gasteiger partial charge in [0.2, 0.25) is 15.9 Å². The number of nitrogens with one attached hydrogen (secondary N) is 1. The van der Waals surface area contributed by atoms with Crippen molar-refractivity contribution in [2.75, 3.05) is 31.6 Å². The molecule has 138 valence electrons. The van der Waals surface area contributed by atoms with E-state index >= 15 is 0 Å². The molecule has 0 bridgehead atoms. The van der Waals surface area contributed by atoms with Gasteiger partial charge in [-0.15, -0.1) is 0 Å². The molecular formula is C18H21N3O4S. The number of amides is 1. The third-order valence-corrected chi connectivity index (χ3v) is 6.03. The lowest BCUT2D eigenvalue weighted by atomic mass is 10.2. The second kappa shape index (κ2) is 7.94. The molecule has 1 aliphatic heterocycles. The Hall–Kier alpha value is -2.29. The van der Waals surface area contributed by atoms with Crippen LogP contribution in [0.5, 0.6) is 0 Å². The van der Waals surface area contributed by atoms with Crippen molar-refractivity contribution in [1.82, 2.24) is 9.29 Å². The predicted octanol–water partition coefficient (Wildman–Crippen LogP) is 1.59. The number of carbonyl (C=O) groups excluding carboxylic acids is 1. The number of sulfonamides is 1. The Morgan fingerprint density at radius 3 is 2.73 bits per heavy atom. The molecule has 0 spiro atoms. The third-order valence-electron chi connectivity index (χ3n) is 4.09. The van der Waals surface area contributed by atoms with Crippen LogP contribution in [0.4, 0.5) is 5.69 Å². The number of morpholine rings is 1. The van der Waals surface area contributed by atoms with Gasteiger partial charge in [0.15, 0.2) is 0 Å². The highest BCUT2D eigenvalue weighted by molar-refractivity contribution is 7.89. The van der Waals surface area contributed by atoms with Crippen molar-refractivity contribution in [2.24, 2.45) is 0 Å². The summed E-state index contributed by atoms with van der Waals surface area (Å²) in [5.41, 5.74) is 1.85. The first-order valence-electron chi connectivity index (χ1n) is 8.34. The summed E-state index contributed by atoms with van der Waals surface area (Å²) in [6.45, 7) is 3.17.